The van der Waals surface area contributed by atoms with E-state index in [2.05, 4.69) is 50.9 Å². The molecule has 0 aliphatic carbocycles. The second kappa shape index (κ2) is 8.34. The lowest BCUT2D eigenvalue weighted by Crippen LogP contribution is -2.35. The summed E-state index contributed by atoms with van der Waals surface area (Å²) in [6, 6.07) is 6.35. The van der Waals surface area contributed by atoms with Gasteiger partial charge >= 0.3 is 0 Å². The van der Waals surface area contributed by atoms with E-state index in [0.29, 0.717) is 18.4 Å². The van der Waals surface area contributed by atoms with Gasteiger partial charge in [-0.05, 0) is 49.6 Å². The highest BCUT2D eigenvalue weighted by atomic mass is 16.5. The van der Waals surface area contributed by atoms with Crippen molar-refractivity contribution in [3.63, 3.8) is 0 Å². The van der Waals surface area contributed by atoms with Gasteiger partial charge in [-0.25, -0.2) is 0 Å². The predicted octanol–water partition coefficient (Wildman–Crippen LogP) is 3.05. The zero-order valence-electron chi connectivity index (χ0n) is 15.0. The Kier molecular flexibility index (Phi) is 6.46. The van der Waals surface area contributed by atoms with Crippen molar-refractivity contribution in [2.75, 3.05) is 39.8 Å². The van der Waals surface area contributed by atoms with E-state index in [9.17, 15) is 4.79 Å². The molecule has 1 amide bonds. The van der Waals surface area contributed by atoms with Gasteiger partial charge in [0, 0.05) is 32.6 Å². The van der Waals surface area contributed by atoms with Crippen LogP contribution >= 0.6 is 0 Å². The van der Waals surface area contributed by atoms with E-state index < -0.39 is 0 Å². The number of nitrogens with zero attached hydrogens (tertiary/aromatic N) is 2. The first-order valence-electron chi connectivity index (χ1n) is 8.67. The number of rotatable bonds is 8. The molecule has 0 atom stereocenters. The summed E-state index contributed by atoms with van der Waals surface area (Å²) in [7, 11) is 2.08. The minimum atomic E-state index is 0.301. The highest BCUT2D eigenvalue weighted by Crippen LogP contribution is 2.23. The van der Waals surface area contributed by atoms with Crippen molar-refractivity contribution in [3.8, 4) is 5.75 Å². The molecule has 128 valence electrons. The maximum atomic E-state index is 11.6. The van der Waals surface area contributed by atoms with Gasteiger partial charge in [0.25, 0.3) is 0 Å². The molecule has 1 aliphatic heterocycles. The molecule has 4 heteroatoms. The minimum absolute atomic E-state index is 0.301. The minimum Gasteiger partial charge on any atom is -0.492 e. The second-order valence-corrected chi connectivity index (χ2v) is 6.81. The highest BCUT2D eigenvalue weighted by Gasteiger charge is 2.19. The van der Waals surface area contributed by atoms with Crippen LogP contribution < -0.4 is 4.74 Å². The topological polar surface area (TPSA) is 32.8 Å². The fourth-order valence-electron chi connectivity index (χ4n) is 3.05. The number of carbonyl (C=O) groups is 1. The third-order valence-corrected chi connectivity index (χ3v) is 4.53. The van der Waals surface area contributed by atoms with Gasteiger partial charge in [-0.3, -0.25) is 4.79 Å². The predicted molar refractivity (Wildman–Crippen MR) is 94.1 cm³/mol. The number of likely N-dealkylation sites (N-methyl/N-ethyl adjacent to an activating group) is 1. The van der Waals surface area contributed by atoms with Crippen LogP contribution in [-0.4, -0.2) is 55.5 Å². The fraction of sp³-hybridized carbons (Fsp3) is 0.632. The van der Waals surface area contributed by atoms with E-state index >= 15 is 0 Å². The van der Waals surface area contributed by atoms with Gasteiger partial charge in [0.15, 0.2) is 0 Å². The standard InChI is InChI=1S/C19H30N2O2/c1-15(2)18-8-7-17(14-16(18)3)23-13-12-20(4)10-11-21-9-5-6-19(21)22/h7-8,14-15H,5-6,9-13H2,1-4H3. The molecule has 0 N–H and O–H groups in total. The molecule has 0 aromatic heterocycles. The van der Waals surface area contributed by atoms with Crippen molar-refractivity contribution in [1.29, 1.82) is 0 Å². The molecule has 1 fully saturated rings. The van der Waals surface area contributed by atoms with Crippen LogP contribution in [0.5, 0.6) is 5.75 Å². The molecule has 23 heavy (non-hydrogen) atoms. The molecule has 1 aliphatic rings. The smallest absolute Gasteiger partial charge is 0.222 e. The van der Waals surface area contributed by atoms with Crippen molar-refractivity contribution in [2.24, 2.45) is 0 Å². The number of amides is 1. The van der Waals surface area contributed by atoms with Crippen molar-refractivity contribution >= 4 is 5.91 Å². The molecule has 1 heterocycles. The van der Waals surface area contributed by atoms with Crippen LogP contribution in [0.4, 0.5) is 0 Å². The van der Waals surface area contributed by atoms with Gasteiger partial charge in [-0.15, -0.1) is 0 Å². The lowest BCUT2D eigenvalue weighted by Gasteiger charge is -2.21. The summed E-state index contributed by atoms with van der Waals surface area (Å²) in [6.07, 6.45) is 1.73. The molecule has 0 unspecified atom stereocenters. The average molecular weight is 318 g/mol. The van der Waals surface area contributed by atoms with E-state index in [-0.39, 0.29) is 0 Å². The van der Waals surface area contributed by atoms with E-state index in [1.54, 1.807) is 0 Å². The summed E-state index contributed by atoms with van der Waals surface area (Å²) in [5, 5.41) is 0. The Morgan fingerprint density at radius 3 is 2.70 bits per heavy atom. The van der Waals surface area contributed by atoms with Crippen LogP contribution in [-0.2, 0) is 4.79 Å². The lowest BCUT2D eigenvalue weighted by atomic mass is 9.98. The quantitative estimate of drug-likeness (QED) is 0.738. The van der Waals surface area contributed by atoms with Crippen molar-refractivity contribution in [1.82, 2.24) is 9.80 Å². The van der Waals surface area contributed by atoms with Gasteiger partial charge in [-0.1, -0.05) is 19.9 Å². The number of likely N-dealkylation sites (tertiary alicyclic amines) is 1. The molecule has 2 rings (SSSR count). The molecule has 0 bridgehead atoms. The summed E-state index contributed by atoms with van der Waals surface area (Å²) < 4.78 is 5.86. The van der Waals surface area contributed by atoms with Crippen molar-refractivity contribution in [2.45, 2.75) is 39.5 Å². The van der Waals surface area contributed by atoms with Gasteiger partial charge < -0.3 is 14.5 Å². The number of hydrogen-bond acceptors (Lipinski definition) is 3. The third kappa shape index (κ3) is 5.24. The van der Waals surface area contributed by atoms with Gasteiger partial charge in [0.1, 0.15) is 12.4 Å². The average Bonchev–Trinajstić information content (AvgIpc) is 2.90. The summed E-state index contributed by atoms with van der Waals surface area (Å²) in [4.78, 5) is 15.8. The van der Waals surface area contributed by atoms with Crippen LogP contribution in [0.2, 0.25) is 0 Å². The number of carbonyl (C=O) groups excluding carboxylic acids is 1. The van der Waals surface area contributed by atoms with Crippen LogP contribution in [0.3, 0.4) is 0 Å². The third-order valence-electron chi connectivity index (χ3n) is 4.53. The van der Waals surface area contributed by atoms with Gasteiger partial charge in [0.05, 0.1) is 0 Å². The van der Waals surface area contributed by atoms with E-state index in [1.807, 2.05) is 4.90 Å². The molecular weight excluding hydrogens is 288 g/mol. The van der Waals surface area contributed by atoms with Crippen molar-refractivity contribution < 1.29 is 9.53 Å². The molecule has 1 aromatic carbocycles. The van der Waals surface area contributed by atoms with Gasteiger partial charge in [0.2, 0.25) is 5.91 Å². The molecule has 0 saturated carbocycles. The van der Waals surface area contributed by atoms with Crippen molar-refractivity contribution in [3.05, 3.63) is 29.3 Å². The SMILES string of the molecule is Cc1cc(OCCN(C)CCN2CCCC2=O)ccc1C(C)C. The Balaban J connectivity index is 1.70. The monoisotopic (exact) mass is 318 g/mol. The number of hydrogen-bond donors (Lipinski definition) is 0. The first kappa shape index (κ1) is 17.8. The normalized spacial score (nSPS) is 15.0. The fourth-order valence-corrected chi connectivity index (χ4v) is 3.05. The maximum absolute atomic E-state index is 11.6. The molecule has 0 spiro atoms. The zero-order chi connectivity index (χ0) is 16.8. The lowest BCUT2D eigenvalue weighted by molar-refractivity contribution is -0.127. The molecule has 0 radical (unpaired) electrons. The number of benzene rings is 1. The Morgan fingerprint density at radius 1 is 1.30 bits per heavy atom. The number of ether oxygens (including phenoxy) is 1. The van der Waals surface area contributed by atoms with Gasteiger partial charge in [-0.2, -0.15) is 0 Å². The van der Waals surface area contributed by atoms with E-state index in [0.717, 1.165) is 44.8 Å². The van der Waals surface area contributed by atoms with E-state index in [1.165, 1.54) is 11.1 Å². The zero-order valence-corrected chi connectivity index (χ0v) is 15.0. The molecule has 1 saturated heterocycles. The molecule has 4 nitrogen and oxygen atoms in total. The summed E-state index contributed by atoms with van der Waals surface area (Å²) >= 11 is 0. The Bertz CT molecular complexity index is 528. The van der Waals surface area contributed by atoms with Crippen LogP contribution in [0.25, 0.3) is 0 Å². The number of aryl methyl sites for hydroxylation is 1. The van der Waals surface area contributed by atoms with Crippen LogP contribution in [0, 0.1) is 6.92 Å². The second-order valence-electron chi connectivity index (χ2n) is 6.81. The molecular formula is C19H30N2O2. The van der Waals surface area contributed by atoms with Crippen LogP contribution in [0.1, 0.15) is 43.7 Å². The highest BCUT2D eigenvalue weighted by molar-refractivity contribution is 5.78. The first-order chi connectivity index (χ1) is 11.0. The summed E-state index contributed by atoms with van der Waals surface area (Å²) in [5.74, 6) is 1.79. The maximum Gasteiger partial charge on any atom is 0.222 e. The Morgan fingerprint density at radius 2 is 2.09 bits per heavy atom. The first-order valence-corrected chi connectivity index (χ1v) is 8.67. The summed E-state index contributed by atoms with van der Waals surface area (Å²) in [5.41, 5.74) is 2.67. The molecule has 1 aromatic rings. The Labute approximate surface area is 140 Å². The largest absolute Gasteiger partial charge is 0.492 e. The Hall–Kier alpha value is -1.55. The van der Waals surface area contributed by atoms with E-state index in [4.69, 9.17) is 4.74 Å². The summed E-state index contributed by atoms with van der Waals surface area (Å²) in [6.45, 7) is 10.8. The van der Waals surface area contributed by atoms with Crippen LogP contribution in [0.15, 0.2) is 18.2 Å².